The number of nitrogens with zero attached hydrogens (tertiary/aromatic N) is 5. The highest BCUT2D eigenvalue weighted by atomic mass is 35.5. The minimum atomic E-state index is -0.703. The summed E-state index contributed by atoms with van der Waals surface area (Å²) in [5, 5.41) is 17.2. The molecule has 8 nitrogen and oxygen atoms in total. The van der Waals surface area contributed by atoms with E-state index in [0.717, 1.165) is 11.5 Å². The van der Waals surface area contributed by atoms with Crippen molar-refractivity contribution < 1.29 is 9.50 Å². The fraction of sp³-hybridized carbons (Fsp3) is 0.182. The second kappa shape index (κ2) is 8.89. The monoisotopic (exact) mass is 454 g/mol. The summed E-state index contributed by atoms with van der Waals surface area (Å²) in [5.41, 5.74) is 2.17. The van der Waals surface area contributed by atoms with E-state index in [2.05, 4.69) is 20.4 Å². The van der Waals surface area contributed by atoms with Crippen LogP contribution >= 0.6 is 11.6 Å². The van der Waals surface area contributed by atoms with Gasteiger partial charge in [0.05, 0.1) is 29.1 Å². The largest absolute Gasteiger partial charge is 0.394 e. The van der Waals surface area contributed by atoms with Crippen molar-refractivity contribution in [2.24, 2.45) is 7.05 Å². The smallest absolute Gasteiger partial charge is 0.251 e. The molecule has 3 heterocycles. The Morgan fingerprint density at radius 3 is 2.69 bits per heavy atom. The van der Waals surface area contributed by atoms with E-state index in [9.17, 15) is 14.3 Å². The van der Waals surface area contributed by atoms with E-state index in [1.807, 2.05) is 20.0 Å². The minimum absolute atomic E-state index is 0.0738. The fourth-order valence-electron chi connectivity index (χ4n) is 3.40. The number of anilines is 2. The maximum absolute atomic E-state index is 13.5. The molecule has 0 unspecified atom stereocenters. The summed E-state index contributed by atoms with van der Waals surface area (Å²) in [6, 6.07) is 10.1. The van der Waals surface area contributed by atoms with Gasteiger partial charge in [-0.2, -0.15) is 5.10 Å². The number of nitrogens with one attached hydrogen (secondary N) is 1. The molecule has 0 saturated heterocycles. The molecule has 0 aliphatic heterocycles. The molecule has 0 aliphatic rings. The molecular weight excluding hydrogens is 435 g/mol. The summed E-state index contributed by atoms with van der Waals surface area (Å²) >= 11 is 5.86. The summed E-state index contributed by atoms with van der Waals surface area (Å²) in [5.74, 6) is 0.534. The molecule has 10 heteroatoms. The molecule has 0 aliphatic carbocycles. The third-order valence-corrected chi connectivity index (χ3v) is 5.27. The molecule has 0 fully saturated rings. The van der Waals surface area contributed by atoms with Crippen LogP contribution in [0.4, 0.5) is 16.2 Å². The van der Waals surface area contributed by atoms with Crippen LogP contribution in [-0.4, -0.2) is 36.0 Å². The first-order valence-corrected chi connectivity index (χ1v) is 10.1. The standard InChI is InChI=1S/C22H20ClFN6O2/c1-13-9-20(29(2)28-13)27-22-25-7-5-18(26-22)14-6-8-30(21(32)11-14)19(12-31)15-3-4-17(24)16(23)10-15/h3-11,19,31H,12H2,1-2H3,(H,25,26,27)/t19-/m1/s1. The van der Waals surface area contributed by atoms with Gasteiger partial charge >= 0.3 is 0 Å². The molecule has 32 heavy (non-hydrogen) atoms. The van der Waals surface area contributed by atoms with Crippen molar-refractivity contribution in [3.63, 3.8) is 0 Å². The van der Waals surface area contributed by atoms with Gasteiger partial charge in [0.1, 0.15) is 11.6 Å². The molecule has 0 bridgehead atoms. The zero-order chi connectivity index (χ0) is 22.8. The quantitative estimate of drug-likeness (QED) is 0.463. The molecule has 0 saturated carbocycles. The number of aliphatic hydroxyl groups excluding tert-OH is 1. The molecule has 1 atom stereocenters. The van der Waals surface area contributed by atoms with Crippen LogP contribution in [0, 0.1) is 12.7 Å². The van der Waals surface area contributed by atoms with Crippen LogP contribution < -0.4 is 10.9 Å². The second-order valence-corrected chi connectivity index (χ2v) is 7.63. The van der Waals surface area contributed by atoms with E-state index in [1.165, 1.54) is 28.8 Å². The van der Waals surface area contributed by atoms with Crippen LogP contribution in [0.1, 0.15) is 17.3 Å². The highest BCUT2D eigenvalue weighted by Crippen LogP contribution is 2.24. The number of aryl methyl sites for hydroxylation is 2. The van der Waals surface area contributed by atoms with Gasteiger partial charge in [-0.3, -0.25) is 9.48 Å². The number of hydrogen-bond donors (Lipinski definition) is 2. The SMILES string of the molecule is Cc1cc(Nc2nccc(-c3ccn([C@H](CO)c4ccc(F)c(Cl)c4)c(=O)c3)n2)n(C)n1. The number of aromatic nitrogens is 5. The molecule has 0 amide bonds. The van der Waals surface area contributed by atoms with Gasteiger partial charge in [-0.15, -0.1) is 0 Å². The summed E-state index contributed by atoms with van der Waals surface area (Å²) in [4.78, 5) is 21.5. The van der Waals surface area contributed by atoms with Gasteiger partial charge in [0, 0.05) is 37.1 Å². The molecular formula is C22H20ClFN6O2. The number of rotatable bonds is 6. The van der Waals surface area contributed by atoms with E-state index in [-0.39, 0.29) is 17.2 Å². The average molecular weight is 455 g/mol. The predicted octanol–water partition coefficient (Wildman–Crippen LogP) is 3.47. The normalized spacial score (nSPS) is 12.0. The van der Waals surface area contributed by atoms with Crippen molar-refractivity contribution in [3.05, 3.63) is 87.3 Å². The third-order valence-electron chi connectivity index (χ3n) is 4.98. The Morgan fingerprint density at radius 2 is 2.03 bits per heavy atom. The van der Waals surface area contributed by atoms with Crippen molar-refractivity contribution in [2.45, 2.75) is 13.0 Å². The second-order valence-electron chi connectivity index (χ2n) is 7.22. The lowest BCUT2D eigenvalue weighted by Crippen LogP contribution is -2.26. The summed E-state index contributed by atoms with van der Waals surface area (Å²) in [6.07, 6.45) is 3.16. The molecule has 4 rings (SSSR count). The summed E-state index contributed by atoms with van der Waals surface area (Å²) in [6.45, 7) is 1.53. The van der Waals surface area contributed by atoms with Crippen molar-refractivity contribution in [1.29, 1.82) is 0 Å². The van der Waals surface area contributed by atoms with Crippen molar-refractivity contribution in [1.82, 2.24) is 24.3 Å². The van der Waals surface area contributed by atoms with Crippen LogP contribution in [0.15, 0.2) is 59.7 Å². The van der Waals surface area contributed by atoms with Crippen molar-refractivity contribution in [2.75, 3.05) is 11.9 Å². The molecule has 4 aromatic rings. The third kappa shape index (κ3) is 4.39. The molecule has 0 radical (unpaired) electrons. The average Bonchev–Trinajstić information content (AvgIpc) is 3.09. The fourth-order valence-corrected chi connectivity index (χ4v) is 3.59. The van der Waals surface area contributed by atoms with Gasteiger partial charge < -0.3 is 15.0 Å². The number of hydrogen-bond acceptors (Lipinski definition) is 6. The highest BCUT2D eigenvalue weighted by Gasteiger charge is 2.16. The number of aliphatic hydroxyl groups is 1. The zero-order valence-electron chi connectivity index (χ0n) is 17.3. The van der Waals surface area contributed by atoms with E-state index in [0.29, 0.717) is 22.8 Å². The Morgan fingerprint density at radius 1 is 1.22 bits per heavy atom. The van der Waals surface area contributed by atoms with Crippen LogP contribution in [0.5, 0.6) is 0 Å². The first kappa shape index (κ1) is 21.7. The molecule has 164 valence electrons. The Kier molecular flexibility index (Phi) is 6.02. The van der Waals surface area contributed by atoms with Gasteiger partial charge in [0.15, 0.2) is 0 Å². The lowest BCUT2D eigenvalue weighted by atomic mass is 10.1. The Hall–Kier alpha value is -3.56. The summed E-state index contributed by atoms with van der Waals surface area (Å²) < 4.78 is 16.5. The van der Waals surface area contributed by atoms with Crippen LogP contribution in [0.25, 0.3) is 11.3 Å². The maximum Gasteiger partial charge on any atom is 0.251 e. The van der Waals surface area contributed by atoms with Crippen molar-refractivity contribution in [3.8, 4) is 11.3 Å². The van der Waals surface area contributed by atoms with Crippen LogP contribution in [-0.2, 0) is 7.05 Å². The van der Waals surface area contributed by atoms with Gasteiger partial charge in [-0.25, -0.2) is 14.4 Å². The first-order valence-electron chi connectivity index (χ1n) is 9.75. The zero-order valence-corrected chi connectivity index (χ0v) is 18.1. The number of benzene rings is 1. The maximum atomic E-state index is 13.5. The van der Waals surface area contributed by atoms with Crippen LogP contribution in [0.3, 0.4) is 0 Å². The Balaban J connectivity index is 1.63. The van der Waals surface area contributed by atoms with Crippen molar-refractivity contribution >= 4 is 23.4 Å². The van der Waals surface area contributed by atoms with Gasteiger partial charge in [-0.1, -0.05) is 17.7 Å². The van der Waals surface area contributed by atoms with E-state index < -0.39 is 11.9 Å². The minimum Gasteiger partial charge on any atom is -0.394 e. The molecule has 2 N–H and O–H groups in total. The number of pyridine rings is 1. The first-order chi connectivity index (χ1) is 15.4. The molecule has 3 aromatic heterocycles. The van der Waals surface area contributed by atoms with Gasteiger partial charge in [-0.05, 0) is 36.8 Å². The van der Waals surface area contributed by atoms with Crippen LogP contribution in [0.2, 0.25) is 5.02 Å². The topological polar surface area (TPSA) is 97.9 Å². The lowest BCUT2D eigenvalue weighted by molar-refractivity contribution is 0.247. The Bertz CT molecular complexity index is 1340. The van der Waals surface area contributed by atoms with E-state index in [4.69, 9.17) is 11.6 Å². The van der Waals surface area contributed by atoms with Gasteiger partial charge in [0.2, 0.25) is 5.95 Å². The molecule has 1 aromatic carbocycles. The number of halogens is 2. The lowest BCUT2D eigenvalue weighted by Gasteiger charge is -2.18. The van der Waals surface area contributed by atoms with E-state index in [1.54, 1.807) is 29.2 Å². The Labute approximate surface area is 188 Å². The van der Waals surface area contributed by atoms with E-state index >= 15 is 0 Å². The van der Waals surface area contributed by atoms with Gasteiger partial charge in [0.25, 0.3) is 5.56 Å². The summed E-state index contributed by atoms with van der Waals surface area (Å²) in [7, 11) is 1.81. The predicted molar refractivity (Wildman–Crippen MR) is 120 cm³/mol. The molecule has 0 spiro atoms. The highest BCUT2D eigenvalue weighted by molar-refractivity contribution is 6.30.